The molecule has 0 aromatic heterocycles. The summed E-state index contributed by atoms with van der Waals surface area (Å²) < 4.78 is 6.48. The minimum Gasteiger partial charge on any atom is -0.497 e. The van der Waals surface area contributed by atoms with Gasteiger partial charge in [-0.25, -0.2) is 0 Å². The summed E-state index contributed by atoms with van der Waals surface area (Å²) in [6, 6.07) is 6.21. The van der Waals surface area contributed by atoms with Gasteiger partial charge in [-0.15, -0.1) is 12.4 Å². The first kappa shape index (κ1) is 15.1. The van der Waals surface area contributed by atoms with Crippen LogP contribution in [-0.4, -0.2) is 38.2 Å². The van der Waals surface area contributed by atoms with Crippen molar-refractivity contribution < 1.29 is 4.74 Å². The zero-order chi connectivity index (χ0) is 12.5. The van der Waals surface area contributed by atoms with Crippen LogP contribution in [0.25, 0.3) is 0 Å². The highest BCUT2D eigenvalue weighted by molar-refractivity contribution is 9.10. The fourth-order valence-electron chi connectivity index (χ4n) is 3.12. The molecular weight excluding hydrogens is 328 g/mol. The van der Waals surface area contributed by atoms with E-state index in [4.69, 9.17) is 4.74 Å². The molecule has 2 heterocycles. The van der Waals surface area contributed by atoms with E-state index in [2.05, 4.69) is 38.3 Å². The van der Waals surface area contributed by atoms with Gasteiger partial charge >= 0.3 is 0 Å². The first-order valence-corrected chi connectivity index (χ1v) is 7.31. The number of halogens is 2. The minimum absolute atomic E-state index is 0. The Labute approximate surface area is 129 Å². The third kappa shape index (κ3) is 3.24. The molecule has 0 spiro atoms. The molecule has 0 aliphatic carbocycles. The highest BCUT2D eigenvalue weighted by Gasteiger charge is 2.35. The van der Waals surface area contributed by atoms with Gasteiger partial charge in [-0.3, -0.25) is 4.90 Å². The number of methoxy groups -OCH3 is 1. The van der Waals surface area contributed by atoms with Gasteiger partial charge in [-0.05, 0) is 48.7 Å². The summed E-state index contributed by atoms with van der Waals surface area (Å²) in [5, 5.41) is 3.48. The maximum Gasteiger partial charge on any atom is 0.119 e. The van der Waals surface area contributed by atoms with Crippen LogP contribution in [0, 0.1) is 11.8 Å². The van der Waals surface area contributed by atoms with E-state index in [9.17, 15) is 0 Å². The molecule has 2 fully saturated rings. The highest BCUT2D eigenvalue weighted by Crippen LogP contribution is 2.30. The van der Waals surface area contributed by atoms with Crippen LogP contribution in [0.3, 0.4) is 0 Å². The molecule has 0 amide bonds. The zero-order valence-corrected chi connectivity index (χ0v) is 13.5. The van der Waals surface area contributed by atoms with Gasteiger partial charge in [0.1, 0.15) is 5.75 Å². The number of fused-ring (bicyclic) bond motifs is 1. The van der Waals surface area contributed by atoms with Crippen molar-refractivity contribution in [1.82, 2.24) is 10.2 Å². The highest BCUT2D eigenvalue weighted by atomic mass is 79.9. The second-order valence-electron chi connectivity index (χ2n) is 5.33. The maximum atomic E-state index is 5.30. The van der Waals surface area contributed by atoms with Crippen molar-refractivity contribution in [2.75, 3.05) is 33.3 Å². The predicted octanol–water partition coefficient (Wildman–Crippen LogP) is 2.53. The molecule has 3 rings (SSSR count). The molecule has 1 aromatic carbocycles. The fourth-order valence-corrected chi connectivity index (χ4v) is 3.49. The van der Waals surface area contributed by atoms with Crippen LogP contribution in [0.15, 0.2) is 22.7 Å². The Hall–Kier alpha value is -0.290. The Morgan fingerprint density at radius 3 is 2.63 bits per heavy atom. The van der Waals surface area contributed by atoms with Crippen molar-refractivity contribution in [3.8, 4) is 5.75 Å². The average Bonchev–Trinajstić information content (AvgIpc) is 2.92. The first-order valence-electron chi connectivity index (χ1n) is 6.52. The summed E-state index contributed by atoms with van der Waals surface area (Å²) in [5.74, 6) is 2.65. The minimum atomic E-state index is 0. The Kier molecular flexibility index (Phi) is 5.12. The second kappa shape index (κ2) is 6.44. The van der Waals surface area contributed by atoms with Crippen LogP contribution in [0.4, 0.5) is 0 Å². The van der Waals surface area contributed by atoms with Crippen molar-refractivity contribution in [3.05, 3.63) is 28.2 Å². The lowest BCUT2D eigenvalue weighted by Crippen LogP contribution is -2.25. The number of rotatable bonds is 3. The molecule has 0 saturated carbocycles. The molecule has 5 heteroatoms. The summed E-state index contributed by atoms with van der Waals surface area (Å²) in [5.41, 5.74) is 1.32. The summed E-state index contributed by atoms with van der Waals surface area (Å²) in [4.78, 5) is 2.57. The third-order valence-corrected chi connectivity index (χ3v) is 4.89. The maximum absolute atomic E-state index is 5.30. The van der Waals surface area contributed by atoms with E-state index in [0.717, 1.165) is 24.1 Å². The number of benzene rings is 1. The van der Waals surface area contributed by atoms with Crippen LogP contribution in [-0.2, 0) is 6.54 Å². The molecule has 106 valence electrons. The zero-order valence-electron chi connectivity index (χ0n) is 11.1. The van der Waals surface area contributed by atoms with Gasteiger partial charge in [0.15, 0.2) is 0 Å². The van der Waals surface area contributed by atoms with Crippen LogP contribution in [0.1, 0.15) is 5.56 Å². The summed E-state index contributed by atoms with van der Waals surface area (Å²) in [7, 11) is 1.72. The smallest absolute Gasteiger partial charge is 0.119 e. The summed E-state index contributed by atoms with van der Waals surface area (Å²) >= 11 is 3.63. The van der Waals surface area contributed by atoms with Gasteiger partial charge in [0.05, 0.1) is 7.11 Å². The first-order chi connectivity index (χ1) is 8.76. The Balaban J connectivity index is 0.00000133. The van der Waals surface area contributed by atoms with Crippen molar-refractivity contribution in [2.45, 2.75) is 6.54 Å². The summed E-state index contributed by atoms with van der Waals surface area (Å²) in [6.45, 7) is 5.86. The number of nitrogens with zero attached hydrogens (tertiary/aromatic N) is 1. The monoisotopic (exact) mass is 346 g/mol. The standard InChI is InChI=1S/C14H19BrN2O.ClH/c1-18-13-2-3-14(15)10(4-13)7-17-8-11-5-16-6-12(11)9-17;/h2-4,11-12,16H,5-9H2,1H3;1H/t11-,12+;. The molecule has 0 bridgehead atoms. The van der Waals surface area contributed by atoms with Crippen molar-refractivity contribution in [1.29, 1.82) is 0 Å². The number of hydrogen-bond acceptors (Lipinski definition) is 3. The average molecular weight is 348 g/mol. The fraction of sp³-hybridized carbons (Fsp3) is 0.571. The molecule has 2 aliphatic heterocycles. The number of nitrogens with one attached hydrogen (secondary N) is 1. The van der Waals surface area contributed by atoms with Gasteiger partial charge in [-0.1, -0.05) is 15.9 Å². The van der Waals surface area contributed by atoms with Gasteiger partial charge in [-0.2, -0.15) is 0 Å². The van der Waals surface area contributed by atoms with Crippen molar-refractivity contribution in [3.63, 3.8) is 0 Å². The van der Waals surface area contributed by atoms with E-state index in [1.807, 2.05) is 6.07 Å². The molecule has 19 heavy (non-hydrogen) atoms. The van der Waals surface area contributed by atoms with Crippen molar-refractivity contribution in [2.24, 2.45) is 11.8 Å². The van der Waals surface area contributed by atoms with Crippen LogP contribution in [0.5, 0.6) is 5.75 Å². The van der Waals surface area contributed by atoms with Gasteiger partial charge in [0.2, 0.25) is 0 Å². The van der Waals surface area contributed by atoms with Gasteiger partial charge in [0, 0.05) is 24.1 Å². The summed E-state index contributed by atoms with van der Waals surface area (Å²) in [6.07, 6.45) is 0. The lowest BCUT2D eigenvalue weighted by Gasteiger charge is -2.18. The SMILES string of the molecule is COc1ccc(Br)c(CN2C[C@H]3CNC[C@H]3C2)c1.Cl. The van der Waals surface area contributed by atoms with E-state index in [0.29, 0.717) is 0 Å². The molecule has 1 N–H and O–H groups in total. The van der Waals surface area contributed by atoms with Gasteiger partial charge in [0.25, 0.3) is 0 Å². The van der Waals surface area contributed by atoms with E-state index in [1.54, 1.807) is 7.11 Å². The van der Waals surface area contributed by atoms with Gasteiger partial charge < -0.3 is 10.1 Å². The molecule has 2 aliphatic rings. The number of likely N-dealkylation sites (tertiary alicyclic amines) is 1. The predicted molar refractivity (Wildman–Crippen MR) is 83.1 cm³/mol. The molecule has 2 atom stereocenters. The number of hydrogen-bond donors (Lipinski definition) is 1. The third-order valence-electron chi connectivity index (χ3n) is 4.11. The number of ether oxygens (including phenoxy) is 1. The largest absolute Gasteiger partial charge is 0.497 e. The quantitative estimate of drug-likeness (QED) is 0.909. The Morgan fingerprint density at radius 2 is 2.00 bits per heavy atom. The molecule has 3 nitrogen and oxygen atoms in total. The topological polar surface area (TPSA) is 24.5 Å². The molecule has 2 saturated heterocycles. The molecular formula is C14H20BrClN2O. The van der Waals surface area contributed by atoms with E-state index >= 15 is 0 Å². The van der Waals surface area contributed by atoms with Crippen LogP contribution >= 0.6 is 28.3 Å². The van der Waals surface area contributed by atoms with E-state index < -0.39 is 0 Å². The Morgan fingerprint density at radius 1 is 1.32 bits per heavy atom. The lowest BCUT2D eigenvalue weighted by atomic mass is 10.0. The molecule has 0 radical (unpaired) electrons. The second-order valence-corrected chi connectivity index (χ2v) is 6.18. The lowest BCUT2D eigenvalue weighted by molar-refractivity contribution is 0.304. The van der Waals surface area contributed by atoms with E-state index in [1.165, 1.54) is 36.2 Å². The normalized spacial score (nSPS) is 26.0. The molecule has 0 unspecified atom stereocenters. The molecule has 1 aromatic rings. The Bertz CT molecular complexity index is 431. The van der Waals surface area contributed by atoms with Crippen LogP contribution in [0.2, 0.25) is 0 Å². The van der Waals surface area contributed by atoms with Crippen molar-refractivity contribution >= 4 is 28.3 Å². The van der Waals surface area contributed by atoms with Crippen LogP contribution < -0.4 is 10.1 Å². The van der Waals surface area contributed by atoms with E-state index in [-0.39, 0.29) is 12.4 Å².